The molecule has 1 aromatic carbocycles. The standard InChI is InChI=1S/C18H25NO5/c1-2-3-9-16(18(21)22)19-17(20)13-6-4-7-14(11-13)24-12-15-8-5-10-23-15/h4,6-7,11,15-16H,2-3,5,8-10,12H2,1H3,(H,19,20)(H,21,22)/t15?,16-/m0/s1. The summed E-state index contributed by atoms with van der Waals surface area (Å²) in [6.45, 7) is 3.21. The Bertz CT molecular complexity index is 554. The molecule has 1 aliphatic rings. The molecule has 0 saturated carbocycles. The first kappa shape index (κ1) is 18.3. The molecule has 1 unspecified atom stereocenters. The first-order chi connectivity index (χ1) is 11.6. The second-order valence-corrected chi connectivity index (χ2v) is 5.98. The Labute approximate surface area is 142 Å². The van der Waals surface area contributed by atoms with Crippen LogP contribution in [-0.2, 0) is 9.53 Å². The number of carboxylic acid groups (broad SMARTS) is 1. The summed E-state index contributed by atoms with van der Waals surface area (Å²) < 4.78 is 11.2. The van der Waals surface area contributed by atoms with Crippen LogP contribution in [0.2, 0.25) is 0 Å². The van der Waals surface area contributed by atoms with E-state index >= 15 is 0 Å². The predicted octanol–water partition coefficient (Wildman–Crippen LogP) is 2.62. The summed E-state index contributed by atoms with van der Waals surface area (Å²) >= 11 is 0. The van der Waals surface area contributed by atoms with Crippen LogP contribution >= 0.6 is 0 Å². The van der Waals surface area contributed by atoms with Gasteiger partial charge in [-0.3, -0.25) is 4.79 Å². The number of aliphatic carboxylic acids is 1. The number of rotatable bonds is 9. The third-order valence-corrected chi connectivity index (χ3v) is 4.01. The van der Waals surface area contributed by atoms with Crippen molar-refractivity contribution in [2.24, 2.45) is 0 Å². The number of hydrogen-bond acceptors (Lipinski definition) is 4. The van der Waals surface area contributed by atoms with Gasteiger partial charge in [0.25, 0.3) is 5.91 Å². The third kappa shape index (κ3) is 5.53. The molecule has 6 heteroatoms. The van der Waals surface area contributed by atoms with E-state index in [2.05, 4.69) is 5.32 Å². The van der Waals surface area contributed by atoms with Crippen molar-refractivity contribution in [2.45, 2.75) is 51.2 Å². The van der Waals surface area contributed by atoms with Crippen LogP contribution in [0.15, 0.2) is 24.3 Å². The van der Waals surface area contributed by atoms with Crippen molar-refractivity contribution < 1.29 is 24.2 Å². The lowest BCUT2D eigenvalue weighted by Crippen LogP contribution is -2.40. The van der Waals surface area contributed by atoms with Gasteiger partial charge in [-0.2, -0.15) is 0 Å². The fourth-order valence-electron chi connectivity index (χ4n) is 2.60. The highest BCUT2D eigenvalue weighted by atomic mass is 16.5. The van der Waals surface area contributed by atoms with Crippen LogP contribution in [0.1, 0.15) is 49.4 Å². The van der Waals surface area contributed by atoms with Gasteiger partial charge in [0.05, 0.1) is 6.10 Å². The van der Waals surface area contributed by atoms with Gasteiger partial charge in [-0.1, -0.05) is 25.8 Å². The second kappa shape index (κ2) is 9.27. The minimum Gasteiger partial charge on any atom is -0.491 e. The van der Waals surface area contributed by atoms with E-state index in [4.69, 9.17) is 9.47 Å². The van der Waals surface area contributed by atoms with Crippen molar-refractivity contribution in [3.05, 3.63) is 29.8 Å². The molecule has 2 atom stereocenters. The molecule has 2 rings (SSSR count). The van der Waals surface area contributed by atoms with E-state index in [1.165, 1.54) is 0 Å². The molecule has 1 heterocycles. The van der Waals surface area contributed by atoms with Crippen molar-refractivity contribution in [3.63, 3.8) is 0 Å². The molecule has 0 aromatic heterocycles. The number of carbonyl (C=O) groups excluding carboxylic acids is 1. The van der Waals surface area contributed by atoms with Crippen LogP contribution in [0.4, 0.5) is 0 Å². The van der Waals surface area contributed by atoms with Gasteiger partial charge >= 0.3 is 5.97 Å². The van der Waals surface area contributed by atoms with Gasteiger partial charge in [-0.05, 0) is 37.5 Å². The molecule has 1 fully saturated rings. The minimum absolute atomic E-state index is 0.105. The van der Waals surface area contributed by atoms with Crippen LogP contribution in [0.5, 0.6) is 5.75 Å². The maximum absolute atomic E-state index is 12.3. The number of hydrogen-bond donors (Lipinski definition) is 2. The number of carbonyl (C=O) groups is 2. The Morgan fingerprint density at radius 2 is 2.29 bits per heavy atom. The Kier molecular flexibility index (Phi) is 7.06. The topological polar surface area (TPSA) is 84.9 Å². The summed E-state index contributed by atoms with van der Waals surface area (Å²) in [7, 11) is 0. The monoisotopic (exact) mass is 335 g/mol. The van der Waals surface area contributed by atoms with Gasteiger partial charge < -0.3 is 19.9 Å². The first-order valence-corrected chi connectivity index (χ1v) is 8.48. The SMILES string of the molecule is CCCC[C@H](NC(=O)c1cccc(OCC2CCCO2)c1)C(=O)O. The number of benzene rings is 1. The maximum atomic E-state index is 12.3. The van der Waals surface area contributed by atoms with Crippen LogP contribution in [0.3, 0.4) is 0 Å². The lowest BCUT2D eigenvalue weighted by Gasteiger charge is -2.15. The van der Waals surface area contributed by atoms with Crippen molar-refractivity contribution in [3.8, 4) is 5.75 Å². The molecule has 0 bridgehead atoms. The largest absolute Gasteiger partial charge is 0.491 e. The predicted molar refractivity (Wildman–Crippen MR) is 89.3 cm³/mol. The average molecular weight is 335 g/mol. The van der Waals surface area contributed by atoms with E-state index in [9.17, 15) is 14.7 Å². The highest BCUT2D eigenvalue weighted by Gasteiger charge is 2.20. The van der Waals surface area contributed by atoms with E-state index in [0.717, 1.165) is 32.3 Å². The molecule has 132 valence electrons. The van der Waals surface area contributed by atoms with Gasteiger partial charge in [0.15, 0.2) is 0 Å². The quantitative estimate of drug-likeness (QED) is 0.724. The van der Waals surface area contributed by atoms with Crippen LogP contribution < -0.4 is 10.1 Å². The Hall–Kier alpha value is -2.08. The Morgan fingerprint density at radius 3 is 2.96 bits per heavy atom. The number of nitrogens with one attached hydrogen (secondary N) is 1. The zero-order valence-corrected chi connectivity index (χ0v) is 14.0. The molecular weight excluding hydrogens is 310 g/mol. The maximum Gasteiger partial charge on any atom is 0.326 e. The molecule has 0 radical (unpaired) electrons. The van der Waals surface area contributed by atoms with Crippen LogP contribution in [0, 0.1) is 0 Å². The molecule has 1 aromatic rings. The molecule has 1 amide bonds. The second-order valence-electron chi connectivity index (χ2n) is 5.98. The molecule has 6 nitrogen and oxygen atoms in total. The summed E-state index contributed by atoms with van der Waals surface area (Å²) in [6.07, 6.45) is 4.19. The first-order valence-electron chi connectivity index (χ1n) is 8.48. The molecular formula is C18H25NO5. The summed E-state index contributed by atoms with van der Waals surface area (Å²) in [5.41, 5.74) is 0.391. The molecule has 24 heavy (non-hydrogen) atoms. The fourth-order valence-corrected chi connectivity index (χ4v) is 2.60. The van der Waals surface area contributed by atoms with Crippen molar-refractivity contribution >= 4 is 11.9 Å². The third-order valence-electron chi connectivity index (χ3n) is 4.01. The fraction of sp³-hybridized carbons (Fsp3) is 0.556. The van der Waals surface area contributed by atoms with E-state index < -0.39 is 17.9 Å². The van der Waals surface area contributed by atoms with E-state index in [0.29, 0.717) is 24.3 Å². The van der Waals surface area contributed by atoms with E-state index in [-0.39, 0.29) is 6.10 Å². The molecule has 0 aliphatic carbocycles. The number of carboxylic acids is 1. The van der Waals surface area contributed by atoms with Gasteiger partial charge in [0.1, 0.15) is 18.4 Å². The average Bonchev–Trinajstić information content (AvgIpc) is 3.10. The highest BCUT2D eigenvalue weighted by Crippen LogP contribution is 2.17. The van der Waals surface area contributed by atoms with Crippen LogP contribution in [-0.4, -0.2) is 42.3 Å². The van der Waals surface area contributed by atoms with Crippen LogP contribution in [0.25, 0.3) is 0 Å². The lowest BCUT2D eigenvalue weighted by atomic mass is 10.1. The Balaban J connectivity index is 1.93. The number of unbranched alkanes of at least 4 members (excludes halogenated alkanes) is 1. The number of amides is 1. The normalized spacial score (nSPS) is 18.1. The molecule has 1 aliphatic heterocycles. The van der Waals surface area contributed by atoms with Gasteiger partial charge in [0, 0.05) is 12.2 Å². The Morgan fingerprint density at radius 1 is 1.46 bits per heavy atom. The zero-order chi connectivity index (χ0) is 17.4. The van der Waals surface area contributed by atoms with Crippen molar-refractivity contribution in [1.82, 2.24) is 5.32 Å². The lowest BCUT2D eigenvalue weighted by molar-refractivity contribution is -0.139. The van der Waals surface area contributed by atoms with Gasteiger partial charge in [-0.25, -0.2) is 4.79 Å². The van der Waals surface area contributed by atoms with E-state index in [1.54, 1.807) is 24.3 Å². The summed E-state index contributed by atoms with van der Waals surface area (Å²) in [5, 5.41) is 11.8. The number of ether oxygens (including phenoxy) is 2. The van der Waals surface area contributed by atoms with Crippen molar-refractivity contribution in [1.29, 1.82) is 0 Å². The molecule has 0 spiro atoms. The molecule has 2 N–H and O–H groups in total. The van der Waals surface area contributed by atoms with E-state index in [1.807, 2.05) is 6.92 Å². The van der Waals surface area contributed by atoms with Gasteiger partial charge in [-0.15, -0.1) is 0 Å². The summed E-state index contributed by atoms with van der Waals surface area (Å²) in [5.74, 6) is -0.831. The highest BCUT2D eigenvalue weighted by molar-refractivity contribution is 5.96. The molecule has 1 saturated heterocycles. The summed E-state index contributed by atoms with van der Waals surface area (Å²) in [4.78, 5) is 23.5. The zero-order valence-electron chi connectivity index (χ0n) is 14.0. The smallest absolute Gasteiger partial charge is 0.326 e. The summed E-state index contributed by atoms with van der Waals surface area (Å²) in [6, 6.07) is 5.91. The minimum atomic E-state index is -1.01. The van der Waals surface area contributed by atoms with Crippen molar-refractivity contribution in [2.75, 3.05) is 13.2 Å². The van der Waals surface area contributed by atoms with Gasteiger partial charge in [0.2, 0.25) is 0 Å².